The lowest BCUT2D eigenvalue weighted by Crippen LogP contribution is -2.51. The Balaban J connectivity index is 2.22. The third-order valence-electron chi connectivity index (χ3n) is 3.68. The van der Waals surface area contributed by atoms with Crippen molar-refractivity contribution in [2.75, 3.05) is 43.3 Å². The van der Waals surface area contributed by atoms with Crippen LogP contribution in [0.3, 0.4) is 0 Å². The molecule has 0 radical (unpaired) electrons. The van der Waals surface area contributed by atoms with E-state index in [1.807, 2.05) is 0 Å². The molecule has 0 aliphatic carbocycles. The number of nitrogens with zero attached hydrogens (tertiary/aromatic N) is 3. The van der Waals surface area contributed by atoms with Crippen LogP contribution in [-0.2, 0) is 19.6 Å². The quantitative estimate of drug-likeness (QED) is 0.694. The smallest absolute Gasteiger partial charge is 0.243 e. The van der Waals surface area contributed by atoms with Crippen LogP contribution in [0.5, 0.6) is 0 Å². The Hall–Kier alpha value is -2.23. The zero-order valence-electron chi connectivity index (χ0n) is 13.0. The molecule has 7 nitrogen and oxygen atoms in total. The number of carbonyl (C=O) groups is 2. The SMILES string of the molecule is CS(=O)(=O)N(CC(=O)N1CCN(C=O)CC1)c1c(F)cccc1F. The van der Waals surface area contributed by atoms with Gasteiger partial charge in [0.15, 0.2) is 11.6 Å². The van der Waals surface area contributed by atoms with E-state index in [0.717, 1.165) is 24.5 Å². The molecule has 132 valence electrons. The maximum atomic E-state index is 13.9. The average molecular weight is 361 g/mol. The molecule has 1 aliphatic rings. The van der Waals surface area contributed by atoms with Crippen molar-refractivity contribution in [1.29, 1.82) is 0 Å². The number of sulfonamides is 1. The summed E-state index contributed by atoms with van der Waals surface area (Å²) in [5.74, 6) is -2.73. The number of para-hydroxylation sites is 1. The van der Waals surface area contributed by atoms with Crippen molar-refractivity contribution in [2.45, 2.75) is 0 Å². The van der Waals surface area contributed by atoms with Gasteiger partial charge in [-0.15, -0.1) is 0 Å². The molecule has 1 heterocycles. The minimum atomic E-state index is -4.07. The number of piperazine rings is 1. The van der Waals surface area contributed by atoms with E-state index in [2.05, 4.69) is 0 Å². The van der Waals surface area contributed by atoms with E-state index < -0.39 is 39.8 Å². The predicted molar refractivity (Wildman–Crippen MR) is 82.8 cm³/mol. The van der Waals surface area contributed by atoms with Crippen molar-refractivity contribution in [3.63, 3.8) is 0 Å². The first-order chi connectivity index (χ1) is 11.2. The molecule has 0 bridgehead atoms. The van der Waals surface area contributed by atoms with E-state index in [1.165, 1.54) is 9.80 Å². The number of rotatable bonds is 5. The fourth-order valence-corrected chi connectivity index (χ4v) is 3.24. The molecule has 0 N–H and O–H groups in total. The standard InChI is InChI=1S/C14H17F2N3O4S/c1-24(22,23)19(14-11(15)3-2-4-12(14)16)9-13(21)18-7-5-17(10-20)6-8-18/h2-4,10H,5-9H2,1H3. The van der Waals surface area contributed by atoms with Crippen LogP contribution in [0.2, 0.25) is 0 Å². The van der Waals surface area contributed by atoms with Gasteiger partial charge in [0.05, 0.1) is 6.26 Å². The molecule has 0 atom stereocenters. The zero-order chi connectivity index (χ0) is 17.9. The van der Waals surface area contributed by atoms with Crippen molar-refractivity contribution in [2.24, 2.45) is 0 Å². The van der Waals surface area contributed by atoms with Gasteiger partial charge in [0.2, 0.25) is 22.3 Å². The number of hydrogen-bond donors (Lipinski definition) is 0. The van der Waals surface area contributed by atoms with Gasteiger partial charge in [-0.2, -0.15) is 0 Å². The van der Waals surface area contributed by atoms with Gasteiger partial charge in [0, 0.05) is 26.2 Å². The largest absolute Gasteiger partial charge is 0.342 e. The molecule has 1 fully saturated rings. The van der Waals surface area contributed by atoms with Crippen LogP contribution in [0.15, 0.2) is 18.2 Å². The van der Waals surface area contributed by atoms with E-state index in [9.17, 15) is 26.8 Å². The van der Waals surface area contributed by atoms with Gasteiger partial charge in [0.25, 0.3) is 0 Å². The van der Waals surface area contributed by atoms with Crippen molar-refractivity contribution < 1.29 is 26.8 Å². The third kappa shape index (κ3) is 3.99. The van der Waals surface area contributed by atoms with Gasteiger partial charge < -0.3 is 9.80 Å². The number of hydrogen-bond acceptors (Lipinski definition) is 4. The van der Waals surface area contributed by atoms with Crippen LogP contribution < -0.4 is 4.31 Å². The fourth-order valence-electron chi connectivity index (χ4n) is 2.39. The van der Waals surface area contributed by atoms with Crippen LogP contribution in [-0.4, -0.2) is 69.5 Å². The monoisotopic (exact) mass is 361 g/mol. The van der Waals surface area contributed by atoms with Crippen LogP contribution in [0, 0.1) is 11.6 Å². The maximum Gasteiger partial charge on any atom is 0.243 e. The van der Waals surface area contributed by atoms with Gasteiger partial charge in [-0.1, -0.05) is 6.07 Å². The number of carbonyl (C=O) groups excluding carboxylic acids is 2. The third-order valence-corrected chi connectivity index (χ3v) is 4.79. The Labute approximate surface area is 138 Å². The van der Waals surface area contributed by atoms with E-state index in [0.29, 0.717) is 23.8 Å². The summed E-state index contributed by atoms with van der Waals surface area (Å²) in [5, 5.41) is 0. The second kappa shape index (κ2) is 7.12. The summed E-state index contributed by atoms with van der Waals surface area (Å²) < 4.78 is 52.1. The molecular formula is C14H17F2N3O4S. The van der Waals surface area contributed by atoms with Crippen molar-refractivity contribution in [3.8, 4) is 0 Å². The van der Waals surface area contributed by atoms with Gasteiger partial charge in [-0.05, 0) is 12.1 Å². The molecule has 2 amide bonds. The van der Waals surface area contributed by atoms with Gasteiger partial charge >= 0.3 is 0 Å². The molecule has 1 aliphatic heterocycles. The summed E-state index contributed by atoms with van der Waals surface area (Å²) >= 11 is 0. The highest BCUT2D eigenvalue weighted by Gasteiger charge is 2.29. The molecule has 2 rings (SSSR count). The lowest BCUT2D eigenvalue weighted by atomic mass is 10.2. The van der Waals surface area contributed by atoms with Gasteiger partial charge in [0.1, 0.15) is 12.2 Å². The Morgan fingerprint density at radius 2 is 1.75 bits per heavy atom. The highest BCUT2D eigenvalue weighted by atomic mass is 32.2. The van der Waals surface area contributed by atoms with E-state index in [-0.39, 0.29) is 13.1 Å². The summed E-state index contributed by atoms with van der Waals surface area (Å²) in [6.45, 7) is 0.395. The number of anilines is 1. The lowest BCUT2D eigenvalue weighted by Gasteiger charge is -2.34. The highest BCUT2D eigenvalue weighted by molar-refractivity contribution is 7.92. The number of amides is 2. The van der Waals surface area contributed by atoms with Crippen molar-refractivity contribution in [1.82, 2.24) is 9.80 Å². The Morgan fingerprint density at radius 3 is 2.21 bits per heavy atom. The molecule has 0 saturated carbocycles. The molecule has 1 aromatic carbocycles. The van der Waals surface area contributed by atoms with Crippen LogP contribution in [0.25, 0.3) is 0 Å². The zero-order valence-corrected chi connectivity index (χ0v) is 13.8. The maximum absolute atomic E-state index is 13.9. The lowest BCUT2D eigenvalue weighted by molar-refractivity contribution is -0.133. The van der Waals surface area contributed by atoms with Gasteiger partial charge in [-0.3, -0.25) is 13.9 Å². The van der Waals surface area contributed by atoms with E-state index in [1.54, 1.807) is 0 Å². The molecule has 1 saturated heterocycles. The normalized spacial score (nSPS) is 15.3. The second-order valence-corrected chi connectivity index (χ2v) is 7.27. The first kappa shape index (κ1) is 18.1. The Morgan fingerprint density at radius 1 is 1.21 bits per heavy atom. The van der Waals surface area contributed by atoms with Crippen LogP contribution in [0.1, 0.15) is 0 Å². The van der Waals surface area contributed by atoms with Gasteiger partial charge in [-0.25, -0.2) is 17.2 Å². The minimum Gasteiger partial charge on any atom is -0.342 e. The summed E-state index contributed by atoms with van der Waals surface area (Å²) in [6, 6.07) is 2.95. The second-order valence-electron chi connectivity index (χ2n) is 5.36. The van der Waals surface area contributed by atoms with E-state index >= 15 is 0 Å². The average Bonchev–Trinajstić information content (AvgIpc) is 2.52. The topological polar surface area (TPSA) is 78.0 Å². The molecular weight excluding hydrogens is 344 g/mol. The molecule has 0 aromatic heterocycles. The number of halogens is 2. The minimum absolute atomic E-state index is 0.231. The molecule has 0 spiro atoms. The molecule has 0 unspecified atom stereocenters. The summed E-state index contributed by atoms with van der Waals surface area (Å²) in [5.41, 5.74) is -0.778. The predicted octanol–water partition coefficient (Wildman–Crippen LogP) is 0.0314. The van der Waals surface area contributed by atoms with Crippen molar-refractivity contribution >= 4 is 28.0 Å². The first-order valence-corrected chi connectivity index (χ1v) is 8.97. The molecule has 10 heteroatoms. The van der Waals surface area contributed by atoms with Crippen molar-refractivity contribution in [3.05, 3.63) is 29.8 Å². The Bertz CT molecular complexity index is 713. The number of benzene rings is 1. The fraction of sp³-hybridized carbons (Fsp3) is 0.429. The van der Waals surface area contributed by atoms with Crippen LogP contribution in [0.4, 0.5) is 14.5 Å². The molecule has 1 aromatic rings. The summed E-state index contributed by atoms with van der Waals surface area (Å²) in [4.78, 5) is 25.8. The molecule has 24 heavy (non-hydrogen) atoms. The first-order valence-electron chi connectivity index (χ1n) is 7.13. The summed E-state index contributed by atoms with van der Waals surface area (Å²) in [6.07, 6.45) is 1.44. The Kier molecular flexibility index (Phi) is 5.37. The van der Waals surface area contributed by atoms with E-state index in [4.69, 9.17) is 0 Å². The van der Waals surface area contributed by atoms with Crippen LogP contribution >= 0.6 is 0 Å². The highest BCUT2D eigenvalue weighted by Crippen LogP contribution is 2.25. The summed E-state index contributed by atoms with van der Waals surface area (Å²) in [7, 11) is -4.07.